The molecule has 6 nitrogen and oxygen atoms in total. The van der Waals surface area contributed by atoms with Crippen molar-refractivity contribution in [2.75, 3.05) is 46.3 Å². The van der Waals surface area contributed by atoms with Gasteiger partial charge in [-0.3, -0.25) is 9.69 Å². The topological polar surface area (TPSA) is 55.9 Å². The maximum Gasteiger partial charge on any atom is 0.317 e. The summed E-state index contributed by atoms with van der Waals surface area (Å²) in [6.45, 7) is 5.27. The lowest BCUT2D eigenvalue weighted by molar-refractivity contribution is -0.132. The zero-order valence-electron chi connectivity index (χ0n) is 17.8. The monoisotopic (exact) mass is 408 g/mol. The third-order valence-electron chi connectivity index (χ3n) is 5.51. The fraction of sp³-hybridized carbons (Fsp3) is 0.417. The Labute approximate surface area is 179 Å². The molecule has 6 heteroatoms. The number of carbonyl (C=O) groups is 2. The maximum atomic E-state index is 12.5. The third-order valence-corrected chi connectivity index (χ3v) is 5.51. The molecule has 0 saturated carbocycles. The number of hydrogen-bond acceptors (Lipinski definition) is 3. The number of urea groups is 1. The Hall–Kier alpha value is -2.86. The summed E-state index contributed by atoms with van der Waals surface area (Å²) < 4.78 is 0. The molecule has 1 aliphatic rings. The molecule has 1 N–H and O–H groups in total. The van der Waals surface area contributed by atoms with Crippen LogP contribution in [0.5, 0.6) is 0 Å². The summed E-state index contributed by atoms with van der Waals surface area (Å²) >= 11 is 0. The number of hydrogen-bond donors (Lipinski definition) is 1. The average Bonchev–Trinajstić information content (AvgIpc) is 2.79. The lowest BCUT2D eigenvalue weighted by Crippen LogP contribution is -2.49. The first-order valence-corrected chi connectivity index (χ1v) is 10.7. The summed E-state index contributed by atoms with van der Waals surface area (Å²) in [6.07, 6.45) is 1.38. The molecule has 0 aromatic heterocycles. The Bertz CT molecular complexity index is 789. The third kappa shape index (κ3) is 6.88. The van der Waals surface area contributed by atoms with Crippen molar-refractivity contribution >= 4 is 11.9 Å². The fourth-order valence-corrected chi connectivity index (χ4v) is 3.65. The second-order valence-electron chi connectivity index (χ2n) is 7.78. The Morgan fingerprint density at radius 3 is 2.13 bits per heavy atom. The first-order chi connectivity index (χ1) is 14.6. The van der Waals surface area contributed by atoms with E-state index in [1.54, 1.807) is 11.9 Å². The second kappa shape index (κ2) is 11.4. The Kier molecular flexibility index (Phi) is 8.27. The van der Waals surface area contributed by atoms with Crippen molar-refractivity contribution in [3.8, 4) is 0 Å². The van der Waals surface area contributed by atoms with Crippen LogP contribution >= 0.6 is 0 Å². The zero-order valence-corrected chi connectivity index (χ0v) is 17.8. The standard InChI is InChI=1S/C24H32N4O2/c1-26(20-22-10-6-3-7-11-22)24(30)25-14-12-23(29)28-18-16-27(17-19-28)15-13-21-8-4-2-5-9-21/h2-11H,12-20H2,1H3,(H,25,30). The molecule has 0 unspecified atom stereocenters. The number of benzene rings is 2. The van der Waals surface area contributed by atoms with Gasteiger partial charge in [-0.25, -0.2) is 4.79 Å². The minimum Gasteiger partial charge on any atom is -0.340 e. The minimum atomic E-state index is -0.155. The summed E-state index contributed by atoms with van der Waals surface area (Å²) in [4.78, 5) is 30.6. The van der Waals surface area contributed by atoms with Gasteiger partial charge in [0.05, 0.1) is 0 Å². The molecule has 3 rings (SSSR count). The van der Waals surface area contributed by atoms with E-state index in [2.05, 4.69) is 34.5 Å². The van der Waals surface area contributed by atoms with Crippen molar-refractivity contribution in [2.45, 2.75) is 19.4 Å². The number of carbonyl (C=O) groups excluding carboxylic acids is 2. The van der Waals surface area contributed by atoms with Crippen molar-refractivity contribution < 1.29 is 9.59 Å². The molecule has 30 heavy (non-hydrogen) atoms. The van der Waals surface area contributed by atoms with E-state index in [4.69, 9.17) is 0 Å². The second-order valence-corrected chi connectivity index (χ2v) is 7.78. The highest BCUT2D eigenvalue weighted by Gasteiger charge is 2.20. The van der Waals surface area contributed by atoms with E-state index < -0.39 is 0 Å². The van der Waals surface area contributed by atoms with Crippen LogP contribution in [-0.4, -0.2) is 73.0 Å². The van der Waals surface area contributed by atoms with Gasteiger partial charge in [-0.2, -0.15) is 0 Å². The van der Waals surface area contributed by atoms with E-state index in [9.17, 15) is 9.59 Å². The van der Waals surface area contributed by atoms with Gasteiger partial charge in [-0.15, -0.1) is 0 Å². The molecule has 1 saturated heterocycles. The number of rotatable bonds is 8. The molecule has 0 spiro atoms. The van der Waals surface area contributed by atoms with Crippen LogP contribution in [0.25, 0.3) is 0 Å². The van der Waals surface area contributed by atoms with Gasteiger partial charge < -0.3 is 15.1 Å². The van der Waals surface area contributed by atoms with Crippen LogP contribution in [0.4, 0.5) is 4.79 Å². The van der Waals surface area contributed by atoms with Crippen molar-refractivity contribution in [1.82, 2.24) is 20.0 Å². The summed E-state index contributed by atoms with van der Waals surface area (Å²) in [5.41, 5.74) is 2.43. The van der Waals surface area contributed by atoms with Crippen LogP contribution in [0.15, 0.2) is 60.7 Å². The van der Waals surface area contributed by atoms with Gasteiger partial charge in [0.15, 0.2) is 0 Å². The normalized spacial score (nSPS) is 14.4. The number of nitrogens with one attached hydrogen (secondary N) is 1. The van der Waals surface area contributed by atoms with E-state index in [-0.39, 0.29) is 11.9 Å². The largest absolute Gasteiger partial charge is 0.340 e. The molecule has 2 aromatic rings. The minimum absolute atomic E-state index is 0.115. The fourth-order valence-electron chi connectivity index (χ4n) is 3.65. The Morgan fingerprint density at radius 2 is 1.50 bits per heavy atom. The number of amides is 3. The first kappa shape index (κ1) is 21.8. The highest BCUT2D eigenvalue weighted by molar-refractivity contribution is 5.78. The summed E-state index contributed by atoms with van der Waals surface area (Å²) in [6, 6.07) is 20.2. The van der Waals surface area contributed by atoms with E-state index in [0.29, 0.717) is 19.5 Å². The molecule has 2 aromatic carbocycles. The molecule has 1 aliphatic heterocycles. The lowest BCUT2D eigenvalue weighted by Gasteiger charge is -2.34. The molecule has 3 amide bonds. The van der Waals surface area contributed by atoms with E-state index in [1.165, 1.54) is 5.56 Å². The predicted octanol–water partition coefficient (Wildman–Crippen LogP) is 2.61. The van der Waals surface area contributed by atoms with E-state index in [1.807, 2.05) is 41.3 Å². The van der Waals surface area contributed by atoms with Gasteiger partial charge in [0.2, 0.25) is 5.91 Å². The van der Waals surface area contributed by atoms with Gasteiger partial charge in [-0.1, -0.05) is 60.7 Å². The number of piperazine rings is 1. The van der Waals surface area contributed by atoms with Gasteiger partial charge in [0.1, 0.15) is 0 Å². The van der Waals surface area contributed by atoms with Crippen LogP contribution in [0, 0.1) is 0 Å². The smallest absolute Gasteiger partial charge is 0.317 e. The van der Waals surface area contributed by atoms with Crippen molar-refractivity contribution in [3.05, 3.63) is 71.8 Å². The van der Waals surface area contributed by atoms with Crippen molar-refractivity contribution in [3.63, 3.8) is 0 Å². The molecular formula is C24H32N4O2. The molecular weight excluding hydrogens is 376 g/mol. The SMILES string of the molecule is CN(Cc1ccccc1)C(=O)NCCC(=O)N1CCN(CCc2ccccc2)CC1. The van der Waals surface area contributed by atoms with Gasteiger partial charge >= 0.3 is 6.03 Å². The summed E-state index contributed by atoms with van der Waals surface area (Å²) in [5.74, 6) is 0.115. The molecule has 0 radical (unpaired) electrons. The van der Waals surface area contributed by atoms with Gasteiger partial charge in [-0.05, 0) is 17.5 Å². The Morgan fingerprint density at radius 1 is 0.900 bits per heavy atom. The van der Waals surface area contributed by atoms with Crippen LogP contribution in [-0.2, 0) is 17.8 Å². The first-order valence-electron chi connectivity index (χ1n) is 10.7. The molecule has 0 atom stereocenters. The molecule has 160 valence electrons. The quantitative estimate of drug-likeness (QED) is 0.731. The summed E-state index contributed by atoms with van der Waals surface area (Å²) in [5, 5.41) is 2.85. The molecule has 1 heterocycles. The molecule has 1 fully saturated rings. The molecule has 0 aliphatic carbocycles. The van der Waals surface area contributed by atoms with E-state index >= 15 is 0 Å². The highest BCUT2D eigenvalue weighted by atomic mass is 16.2. The van der Waals surface area contributed by atoms with Crippen molar-refractivity contribution in [2.24, 2.45) is 0 Å². The average molecular weight is 409 g/mol. The zero-order chi connectivity index (χ0) is 21.2. The highest BCUT2D eigenvalue weighted by Crippen LogP contribution is 2.07. The van der Waals surface area contributed by atoms with Crippen molar-refractivity contribution in [1.29, 1.82) is 0 Å². The van der Waals surface area contributed by atoms with Crippen LogP contribution < -0.4 is 5.32 Å². The number of nitrogens with zero attached hydrogens (tertiary/aromatic N) is 3. The van der Waals surface area contributed by atoms with Gasteiger partial charge in [0, 0.05) is 59.3 Å². The maximum absolute atomic E-state index is 12.5. The molecule has 0 bridgehead atoms. The Balaban J connectivity index is 1.30. The van der Waals surface area contributed by atoms with Crippen LogP contribution in [0.2, 0.25) is 0 Å². The van der Waals surface area contributed by atoms with Crippen LogP contribution in [0.1, 0.15) is 17.5 Å². The predicted molar refractivity (Wildman–Crippen MR) is 119 cm³/mol. The lowest BCUT2D eigenvalue weighted by atomic mass is 10.1. The summed E-state index contributed by atoms with van der Waals surface area (Å²) in [7, 11) is 1.76. The van der Waals surface area contributed by atoms with E-state index in [0.717, 1.165) is 44.7 Å². The van der Waals surface area contributed by atoms with Crippen LogP contribution in [0.3, 0.4) is 0 Å². The van der Waals surface area contributed by atoms with Gasteiger partial charge in [0.25, 0.3) is 0 Å².